The van der Waals surface area contributed by atoms with Crippen LogP contribution in [0.5, 0.6) is 11.5 Å². The van der Waals surface area contributed by atoms with Gasteiger partial charge in [-0.3, -0.25) is 24.3 Å². The number of hydrogen-bond donors (Lipinski definition) is 2. The van der Waals surface area contributed by atoms with E-state index in [0.29, 0.717) is 17.2 Å². The van der Waals surface area contributed by atoms with Crippen molar-refractivity contribution in [3.05, 3.63) is 70.0 Å². The molecule has 8 nitrogen and oxygen atoms in total. The average Bonchev–Trinajstić information content (AvgIpc) is 3.01. The summed E-state index contributed by atoms with van der Waals surface area (Å²) in [6, 6.07) is 13.6. The van der Waals surface area contributed by atoms with Crippen molar-refractivity contribution >= 4 is 17.6 Å². The number of carbonyl (C=O) groups is 2. The number of nitrogen functional groups attached to an aromatic ring is 1. The van der Waals surface area contributed by atoms with Crippen LogP contribution in [-0.4, -0.2) is 30.6 Å². The molecule has 1 aliphatic rings. The second kappa shape index (κ2) is 6.83. The number of anilines is 1. The number of carbonyl (C=O) groups excluding carboxylic acids is 2. The SMILES string of the molecule is COc1ccc(-c2cccc(-n3c(N)c4c(cc3=O)C(=O)NC4=O)c2)c(OC)c1. The van der Waals surface area contributed by atoms with E-state index < -0.39 is 17.4 Å². The standard InChI is InChI=1S/C21H17N3O5/c1-28-13-6-7-14(16(9-13)29-2)11-4-3-5-12(8-11)24-17(25)10-15-18(19(24)22)21(27)23-20(15)26/h3-10H,22H2,1-2H3,(H,23,26,27). The maximum Gasteiger partial charge on any atom is 0.262 e. The zero-order chi connectivity index (χ0) is 20.7. The fraction of sp³-hybridized carbons (Fsp3) is 0.0952. The fourth-order valence-electron chi connectivity index (χ4n) is 3.40. The minimum atomic E-state index is -0.627. The molecule has 1 aromatic heterocycles. The van der Waals surface area contributed by atoms with E-state index in [1.54, 1.807) is 44.6 Å². The number of benzene rings is 2. The number of pyridine rings is 1. The first-order valence-electron chi connectivity index (χ1n) is 8.68. The van der Waals surface area contributed by atoms with Crippen LogP contribution in [0.25, 0.3) is 16.8 Å². The largest absolute Gasteiger partial charge is 0.497 e. The highest BCUT2D eigenvalue weighted by atomic mass is 16.5. The van der Waals surface area contributed by atoms with E-state index in [2.05, 4.69) is 5.32 Å². The van der Waals surface area contributed by atoms with E-state index >= 15 is 0 Å². The van der Waals surface area contributed by atoms with Crippen molar-refractivity contribution in [3.63, 3.8) is 0 Å². The van der Waals surface area contributed by atoms with Crippen molar-refractivity contribution in [2.45, 2.75) is 0 Å². The normalized spacial score (nSPS) is 12.5. The Kier molecular flexibility index (Phi) is 4.31. The number of nitrogens with two attached hydrogens (primary N) is 1. The van der Waals surface area contributed by atoms with Crippen LogP contribution in [0.4, 0.5) is 5.82 Å². The Morgan fingerprint density at radius 2 is 1.69 bits per heavy atom. The average molecular weight is 391 g/mol. The molecule has 8 heteroatoms. The molecule has 1 aliphatic heterocycles. The van der Waals surface area contributed by atoms with E-state index in [0.717, 1.165) is 17.2 Å². The second-order valence-corrected chi connectivity index (χ2v) is 6.39. The van der Waals surface area contributed by atoms with Gasteiger partial charge in [0, 0.05) is 17.7 Å². The Morgan fingerprint density at radius 1 is 0.897 bits per heavy atom. The Morgan fingerprint density at radius 3 is 2.41 bits per heavy atom. The van der Waals surface area contributed by atoms with Gasteiger partial charge in [-0.25, -0.2) is 0 Å². The van der Waals surface area contributed by atoms with Crippen LogP contribution in [0.15, 0.2) is 53.3 Å². The lowest BCUT2D eigenvalue weighted by Crippen LogP contribution is -2.24. The summed E-state index contributed by atoms with van der Waals surface area (Å²) >= 11 is 0. The number of methoxy groups -OCH3 is 2. The zero-order valence-corrected chi connectivity index (χ0v) is 15.7. The van der Waals surface area contributed by atoms with Gasteiger partial charge in [-0.1, -0.05) is 12.1 Å². The van der Waals surface area contributed by atoms with E-state index in [1.165, 1.54) is 4.57 Å². The summed E-state index contributed by atoms with van der Waals surface area (Å²) in [4.78, 5) is 36.6. The van der Waals surface area contributed by atoms with Gasteiger partial charge in [-0.2, -0.15) is 0 Å². The third-order valence-electron chi connectivity index (χ3n) is 4.78. The molecule has 3 aromatic rings. The number of rotatable bonds is 4. The molecule has 2 amide bonds. The van der Waals surface area contributed by atoms with Gasteiger partial charge in [0.15, 0.2) is 0 Å². The minimum absolute atomic E-state index is 0.00188. The highest BCUT2D eigenvalue weighted by molar-refractivity contribution is 6.23. The highest BCUT2D eigenvalue weighted by Gasteiger charge is 2.31. The molecular formula is C21H17N3O5. The molecule has 4 rings (SSSR count). The Hall–Kier alpha value is -4.07. The second-order valence-electron chi connectivity index (χ2n) is 6.39. The van der Waals surface area contributed by atoms with E-state index in [-0.39, 0.29) is 16.9 Å². The van der Waals surface area contributed by atoms with Gasteiger partial charge in [0.25, 0.3) is 17.4 Å². The number of nitrogens with one attached hydrogen (secondary N) is 1. The number of aromatic nitrogens is 1. The molecule has 3 N–H and O–H groups in total. The van der Waals surface area contributed by atoms with Crippen LogP contribution in [0.2, 0.25) is 0 Å². The summed E-state index contributed by atoms with van der Waals surface area (Å²) in [6.45, 7) is 0. The summed E-state index contributed by atoms with van der Waals surface area (Å²) in [5.74, 6) is -0.0890. The molecule has 2 aromatic carbocycles. The maximum absolute atomic E-state index is 12.7. The smallest absolute Gasteiger partial charge is 0.262 e. The molecular weight excluding hydrogens is 374 g/mol. The molecule has 0 bridgehead atoms. The molecule has 0 saturated heterocycles. The Labute approximate surface area is 165 Å². The molecule has 0 spiro atoms. The first-order chi connectivity index (χ1) is 13.9. The predicted molar refractivity (Wildman–Crippen MR) is 107 cm³/mol. The first kappa shape index (κ1) is 18.3. The predicted octanol–water partition coefficient (Wildman–Crippen LogP) is 1.99. The monoisotopic (exact) mass is 391 g/mol. The van der Waals surface area contributed by atoms with Gasteiger partial charge in [0.1, 0.15) is 17.3 Å². The lowest BCUT2D eigenvalue weighted by Gasteiger charge is -2.14. The molecule has 0 radical (unpaired) electrons. The van der Waals surface area contributed by atoms with Crippen LogP contribution in [-0.2, 0) is 0 Å². The first-order valence-corrected chi connectivity index (χ1v) is 8.68. The van der Waals surface area contributed by atoms with Crippen molar-refractivity contribution in [2.24, 2.45) is 0 Å². The van der Waals surface area contributed by atoms with E-state index in [1.807, 2.05) is 12.1 Å². The summed E-state index contributed by atoms with van der Waals surface area (Å²) in [7, 11) is 3.12. The van der Waals surface area contributed by atoms with Gasteiger partial charge in [-0.05, 0) is 29.8 Å². The number of amides is 2. The Bertz CT molecular complexity index is 1230. The summed E-state index contributed by atoms with van der Waals surface area (Å²) in [6.07, 6.45) is 0. The lowest BCUT2D eigenvalue weighted by molar-refractivity contribution is 0.0880. The fourth-order valence-corrected chi connectivity index (χ4v) is 3.40. The maximum atomic E-state index is 12.7. The van der Waals surface area contributed by atoms with E-state index in [4.69, 9.17) is 15.2 Å². The van der Waals surface area contributed by atoms with Crippen molar-refractivity contribution in [2.75, 3.05) is 20.0 Å². The van der Waals surface area contributed by atoms with E-state index in [9.17, 15) is 14.4 Å². The molecule has 0 aliphatic carbocycles. The van der Waals surface area contributed by atoms with Gasteiger partial charge >= 0.3 is 0 Å². The molecule has 29 heavy (non-hydrogen) atoms. The molecule has 0 fully saturated rings. The van der Waals surface area contributed by atoms with Crippen LogP contribution >= 0.6 is 0 Å². The van der Waals surface area contributed by atoms with Crippen molar-refractivity contribution in [1.82, 2.24) is 9.88 Å². The molecule has 146 valence electrons. The van der Waals surface area contributed by atoms with Crippen LogP contribution in [0, 0.1) is 0 Å². The topological polar surface area (TPSA) is 113 Å². The summed E-state index contributed by atoms with van der Waals surface area (Å²) in [5, 5.41) is 2.15. The summed E-state index contributed by atoms with van der Waals surface area (Å²) in [5.41, 5.74) is 7.61. The number of ether oxygens (including phenoxy) is 2. The molecule has 0 saturated carbocycles. The van der Waals surface area contributed by atoms with Crippen molar-refractivity contribution < 1.29 is 19.1 Å². The number of fused-ring (bicyclic) bond motifs is 1. The number of nitrogens with zero attached hydrogens (tertiary/aromatic N) is 1. The van der Waals surface area contributed by atoms with Gasteiger partial charge < -0.3 is 15.2 Å². The van der Waals surface area contributed by atoms with Gasteiger partial charge in [0.05, 0.1) is 31.0 Å². The third kappa shape index (κ3) is 2.91. The Balaban J connectivity index is 1.88. The van der Waals surface area contributed by atoms with Crippen LogP contribution in [0.3, 0.4) is 0 Å². The molecule has 0 unspecified atom stereocenters. The third-order valence-corrected chi connectivity index (χ3v) is 4.78. The van der Waals surface area contributed by atoms with Crippen molar-refractivity contribution in [3.8, 4) is 28.3 Å². The van der Waals surface area contributed by atoms with Gasteiger partial charge in [-0.15, -0.1) is 0 Å². The number of hydrogen-bond acceptors (Lipinski definition) is 6. The van der Waals surface area contributed by atoms with Crippen molar-refractivity contribution in [1.29, 1.82) is 0 Å². The minimum Gasteiger partial charge on any atom is -0.497 e. The number of imide groups is 1. The van der Waals surface area contributed by atoms with Crippen LogP contribution < -0.4 is 26.1 Å². The molecule has 2 heterocycles. The lowest BCUT2D eigenvalue weighted by atomic mass is 10.0. The van der Waals surface area contributed by atoms with Gasteiger partial charge in [0.2, 0.25) is 0 Å². The quantitative estimate of drug-likeness (QED) is 0.658. The van der Waals surface area contributed by atoms with Crippen LogP contribution in [0.1, 0.15) is 20.7 Å². The zero-order valence-electron chi connectivity index (χ0n) is 15.7. The highest BCUT2D eigenvalue weighted by Crippen LogP contribution is 2.34. The summed E-state index contributed by atoms with van der Waals surface area (Å²) < 4.78 is 11.9. The molecule has 0 atom stereocenters.